The van der Waals surface area contributed by atoms with Gasteiger partial charge in [-0.15, -0.1) is 0 Å². The normalized spacial score (nSPS) is 23.7. The summed E-state index contributed by atoms with van der Waals surface area (Å²) in [4.78, 5) is 14.6. The molecule has 4 nitrogen and oxygen atoms in total. The summed E-state index contributed by atoms with van der Waals surface area (Å²) < 4.78 is 13.2. The molecule has 1 saturated carbocycles. The van der Waals surface area contributed by atoms with Gasteiger partial charge in [0.15, 0.2) is 5.11 Å². The van der Waals surface area contributed by atoms with E-state index in [2.05, 4.69) is 10.6 Å². The lowest BCUT2D eigenvalue weighted by atomic mass is 9.88. The van der Waals surface area contributed by atoms with Gasteiger partial charge in [0.25, 0.3) is 0 Å². The zero-order chi connectivity index (χ0) is 16.4. The number of hydrogen-bond donors (Lipinski definition) is 2. The van der Waals surface area contributed by atoms with Gasteiger partial charge in [-0.2, -0.15) is 0 Å². The number of thiocarbonyl (C=S) groups is 1. The van der Waals surface area contributed by atoms with Gasteiger partial charge in [-0.3, -0.25) is 4.79 Å². The monoisotopic (exact) mass is 335 g/mol. The Morgan fingerprint density at radius 3 is 2.61 bits per heavy atom. The van der Waals surface area contributed by atoms with Gasteiger partial charge < -0.3 is 15.5 Å². The molecule has 1 aliphatic heterocycles. The molecule has 0 radical (unpaired) electrons. The van der Waals surface area contributed by atoms with Crippen LogP contribution in [0.4, 0.5) is 4.39 Å². The lowest BCUT2D eigenvalue weighted by molar-refractivity contribution is -0.125. The predicted octanol–water partition coefficient (Wildman–Crippen LogP) is 2.01. The molecule has 0 unspecified atom stereocenters. The van der Waals surface area contributed by atoms with E-state index in [9.17, 15) is 9.18 Å². The number of benzene rings is 1. The van der Waals surface area contributed by atoms with Crippen LogP contribution in [0.3, 0.4) is 0 Å². The maximum absolute atomic E-state index is 13.2. The molecule has 1 amide bonds. The molecule has 23 heavy (non-hydrogen) atoms. The second kappa shape index (κ2) is 6.83. The number of halogens is 1. The van der Waals surface area contributed by atoms with Crippen LogP contribution in [0.15, 0.2) is 24.3 Å². The highest BCUT2D eigenvalue weighted by Crippen LogP contribution is 2.34. The van der Waals surface area contributed by atoms with Crippen molar-refractivity contribution >= 4 is 23.2 Å². The summed E-state index contributed by atoms with van der Waals surface area (Å²) in [5.74, 6) is -0.294. The number of likely N-dealkylation sites (tertiary alicyclic amines) is 1. The van der Waals surface area contributed by atoms with Gasteiger partial charge in [0.05, 0.1) is 5.92 Å². The predicted molar refractivity (Wildman–Crippen MR) is 91.6 cm³/mol. The third kappa shape index (κ3) is 3.80. The zero-order valence-corrected chi connectivity index (χ0v) is 14.0. The van der Waals surface area contributed by atoms with E-state index in [-0.39, 0.29) is 23.6 Å². The van der Waals surface area contributed by atoms with Crippen LogP contribution in [0.5, 0.6) is 0 Å². The first-order valence-corrected chi connectivity index (χ1v) is 8.58. The molecule has 1 aromatic carbocycles. The molecule has 1 heterocycles. The van der Waals surface area contributed by atoms with Crippen LogP contribution in [0, 0.1) is 11.7 Å². The number of nitrogens with one attached hydrogen (secondary N) is 2. The Kier molecular flexibility index (Phi) is 4.80. The minimum atomic E-state index is -0.259. The molecule has 1 aliphatic carbocycles. The number of carbonyl (C=O) groups is 1. The summed E-state index contributed by atoms with van der Waals surface area (Å²) in [5, 5.41) is 6.92. The smallest absolute Gasteiger partial charge is 0.225 e. The van der Waals surface area contributed by atoms with E-state index in [1.807, 2.05) is 11.8 Å². The Balaban J connectivity index is 1.78. The molecule has 2 N–H and O–H groups in total. The van der Waals surface area contributed by atoms with E-state index in [1.165, 1.54) is 12.1 Å². The van der Waals surface area contributed by atoms with Gasteiger partial charge in [-0.05, 0) is 49.7 Å². The van der Waals surface area contributed by atoms with Crippen molar-refractivity contribution in [2.45, 2.75) is 31.7 Å². The maximum Gasteiger partial charge on any atom is 0.225 e. The van der Waals surface area contributed by atoms with Crippen molar-refractivity contribution < 1.29 is 9.18 Å². The van der Waals surface area contributed by atoms with Crippen molar-refractivity contribution in [2.24, 2.45) is 5.92 Å². The van der Waals surface area contributed by atoms with Crippen LogP contribution in [0.2, 0.25) is 0 Å². The molecule has 3 rings (SSSR count). The molecule has 2 fully saturated rings. The van der Waals surface area contributed by atoms with Gasteiger partial charge >= 0.3 is 0 Å². The first kappa shape index (κ1) is 16.2. The van der Waals surface area contributed by atoms with Crippen LogP contribution in [0.1, 0.15) is 31.2 Å². The van der Waals surface area contributed by atoms with Crippen molar-refractivity contribution in [1.29, 1.82) is 0 Å². The fourth-order valence-electron chi connectivity index (χ4n) is 3.08. The first-order valence-electron chi connectivity index (χ1n) is 8.17. The Morgan fingerprint density at radius 2 is 2.00 bits per heavy atom. The number of rotatable bonds is 4. The number of amides is 1. The molecular formula is C17H22FN3OS. The highest BCUT2D eigenvalue weighted by Gasteiger charge is 2.40. The highest BCUT2D eigenvalue weighted by atomic mass is 32.1. The molecule has 1 aromatic rings. The number of carbonyl (C=O) groups excluding carboxylic acids is 1. The highest BCUT2D eigenvalue weighted by molar-refractivity contribution is 7.80. The molecule has 1 saturated heterocycles. The van der Waals surface area contributed by atoms with Crippen molar-refractivity contribution in [3.05, 3.63) is 35.6 Å². The average molecular weight is 335 g/mol. The molecular weight excluding hydrogens is 313 g/mol. The summed E-state index contributed by atoms with van der Waals surface area (Å²) in [6.45, 7) is 4.04. The molecule has 0 spiro atoms. The topological polar surface area (TPSA) is 44.4 Å². The lowest BCUT2D eigenvalue weighted by Crippen LogP contribution is -2.40. The number of hydrogen-bond acceptors (Lipinski definition) is 2. The van der Waals surface area contributed by atoms with Crippen LogP contribution in [-0.2, 0) is 4.79 Å². The van der Waals surface area contributed by atoms with Crippen molar-refractivity contribution in [2.75, 3.05) is 19.6 Å². The first-order chi connectivity index (χ1) is 11.1. The Hall–Kier alpha value is -1.69. The summed E-state index contributed by atoms with van der Waals surface area (Å²) in [7, 11) is 0. The second-order valence-electron chi connectivity index (χ2n) is 6.29. The van der Waals surface area contributed by atoms with E-state index in [0.717, 1.165) is 24.9 Å². The third-order valence-electron chi connectivity index (χ3n) is 4.49. The summed E-state index contributed by atoms with van der Waals surface area (Å²) >= 11 is 5.40. The quantitative estimate of drug-likeness (QED) is 0.827. The largest absolute Gasteiger partial charge is 0.363 e. The van der Waals surface area contributed by atoms with Crippen molar-refractivity contribution in [3.63, 3.8) is 0 Å². The second-order valence-corrected chi connectivity index (χ2v) is 6.67. The number of nitrogens with zero attached hydrogens (tertiary/aromatic N) is 1. The van der Waals surface area contributed by atoms with Crippen molar-refractivity contribution in [3.8, 4) is 0 Å². The lowest BCUT2D eigenvalue weighted by Gasteiger charge is -2.19. The molecule has 6 heteroatoms. The standard InChI is InChI=1S/C17H22FN3OS/c1-2-19-17(23)21-9-14(11-3-5-12(18)6-4-11)15(10-21)16(22)20-13-7-8-13/h3-6,13-15H,2,7-10H2,1H3,(H,19,23)(H,20,22)/t14-,15+/m0/s1. The fraction of sp³-hybridized carbons (Fsp3) is 0.529. The third-order valence-corrected chi connectivity index (χ3v) is 4.90. The minimum Gasteiger partial charge on any atom is -0.363 e. The van der Waals surface area contributed by atoms with Crippen LogP contribution < -0.4 is 10.6 Å². The summed E-state index contributed by atoms with van der Waals surface area (Å²) in [5.41, 5.74) is 0.990. The van der Waals surface area contributed by atoms with E-state index in [4.69, 9.17) is 12.2 Å². The SMILES string of the molecule is CCNC(=S)N1C[C@@H](C(=O)NC2CC2)[C@H](c2ccc(F)cc2)C1. The van der Waals surface area contributed by atoms with E-state index in [1.54, 1.807) is 12.1 Å². The van der Waals surface area contributed by atoms with E-state index < -0.39 is 0 Å². The van der Waals surface area contributed by atoms with E-state index in [0.29, 0.717) is 24.2 Å². The van der Waals surface area contributed by atoms with E-state index >= 15 is 0 Å². The average Bonchev–Trinajstić information content (AvgIpc) is 3.23. The van der Waals surface area contributed by atoms with Gasteiger partial charge in [-0.25, -0.2) is 4.39 Å². The molecule has 0 bridgehead atoms. The Bertz CT molecular complexity index is 588. The van der Waals surface area contributed by atoms with Gasteiger partial charge in [0.1, 0.15) is 5.82 Å². The minimum absolute atomic E-state index is 0.0333. The summed E-state index contributed by atoms with van der Waals surface area (Å²) in [6.07, 6.45) is 2.14. The molecule has 2 aliphatic rings. The van der Waals surface area contributed by atoms with Gasteiger partial charge in [-0.1, -0.05) is 12.1 Å². The van der Waals surface area contributed by atoms with Gasteiger partial charge in [0, 0.05) is 31.6 Å². The zero-order valence-electron chi connectivity index (χ0n) is 13.2. The summed E-state index contributed by atoms with van der Waals surface area (Å²) in [6, 6.07) is 6.80. The van der Waals surface area contributed by atoms with Crippen LogP contribution in [0.25, 0.3) is 0 Å². The Morgan fingerprint density at radius 1 is 1.30 bits per heavy atom. The molecule has 124 valence electrons. The fourth-order valence-corrected chi connectivity index (χ4v) is 3.38. The maximum atomic E-state index is 13.2. The van der Waals surface area contributed by atoms with Crippen LogP contribution >= 0.6 is 12.2 Å². The van der Waals surface area contributed by atoms with Crippen LogP contribution in [-0.4, -0.2) is 41.6 Å². The Labute approximate surface area is 141 Å². The van der Waals surface area contributed by atoms with Crippen molar-refractivity contribution in [1.82, 2.24) is 15.5 Å². The molecule has 0 aromatic heterocycles. The molecule has 2 atom stereocenters. The van der Waals surface area contributed by atoms with Gasteiger partial charge in [0.2, 0.25) is 5.91 Å².